The van der Waals surface area contributed by atoms with Crippen LogP contribution in [0.5, 0.6) is 0 Å². The highest BCUT2D eigenvalue weighted by molar-refractivity contribution is 6.34. The predicted molar refractivity (Wildman–Crippen MR) is 99.7 cm³/mol. The van der Waals surface area contributed by atoms with Crippen LogP contribution in [0.2, 0.25) is 5.02 Å². The van der Waals surface area contributed by atoms with Crippen LogP contribution in [0.1, 0.15) is 38.5 Å². The molecule has 1 aliphatic rings. The quantitative estimate of drug-likeness (QED) is 0.687. The first-order valence-electron chi connectivity index (χ1n) is 8.19. The summed E-state index contributed by atoms with van der Waals surface area (Å²) in [5, 5.41) is 3.39. The zero-order valence-electron chi connectivity index (χ0n) is 13.7. The zero-order chi connectivity index (χ0) is 16.7. The number of anilines is 1. The third-order valence-corrected chi connectivity index (χ3v) is 4.36. The maximum Gasteiger partial charge on any atom is 0.249 e. The number of carbonyl (C=O) groups excluding carboxylic acids is 2. The first-order chi connectivity index (χ1) is 11.1. The molecule has 1 unspecified atom stereocenters. The van der Waals surface area contributed by atoms with Gasteiger partial charge in [-0.25, -0.2) is 0 Å². The standard InChI is InChI=1S/C17H24ClN3O2.ClH/c18-13-7-4-5-8-15(13)21-12-10-14(17(21)23)20-16(22)9-3-1-2-6-11-19;/h4-5,7-8,14H,1-3,6,9-12,19H2,(H,20,22);1H. The Bertz CT molecular complexity index is 554. The molecule has 0 aromatic heterocycles. The SMILES string of the molecule is Cl.NCCCCCCC(=O)NC1CCN(c2ccccc2Cl)C1=O. The van der Waals surface area contributed by atoms with Crippen molar-refractivity contribution in [2.24, 2.45) is 5.73 Å². The average molecular weight is 374 g/mol. The van der Waals surface area contributed by atoms with E-state index < -0.39 is 6.04 Å². The molecule has 1 heterocycles. The summed E-state index contributed by atoms with van der Waals surface area (Å²) in [6, 6.07) is 6.82. The molecule has 1 saturated heterocycles. The van der Waals surface area contributed by atoms with Gasteiger partial charge in [-0.05, 0) is 37.9 Å². The van der Waals surface area contributed by atoms with E-state index in [1.807, 2.05) is 18.2 Å². The van der Waals surface area contributed by atoms with Gasteiger partial charge in [-0.3, -0.25) is 9.59 Å². The maximum absolute atomic E-state index is 12.4. The number of carbonyl (C=O) groups is 2. The molecule has 3 N–H and O–H groups in total. The summed E-state index contributed by atoms with van der Waals surface area (Å²) in [5.41, 5.74) is 6.14. The van der Waals surface area contributed by atoms with E-state index in [0.717, 1.165) is 25.7 Å². The molecule has 134 valence electrons. The van der Waals surface area contributed by atoms with Crippen molar-refractivity contribution in [1.82, 2.24) is 5.32 Å². The Morgan fingerprint density at radius 1 is 1.25 bits per heavy atom. The topological polar surface area (TPSA) is 75.4 Å². The van der Waals surface area contributed by atoms with Crippen molar-refractivity contribution in [3.63, 3.8) is 0 Å². The van der Waals surface area contributed by atoms with E-state index in [1.54, 1.807) is 11.0 Å². The van der Waals surface area contributed by atoms with Crippen LogP contribution < -0.4 is 16.0 Å². The fourth-order valence-electron chi connectivity index (χ4n) is 2.77. The van der Waals surface area contributed by atoms with Gasteiger partial charge < -0.3 is 16.0 Å². The molecule has 0 bridgehead atoms. The lowest BCUT2D eigenvalue weighted by molar-refractivity contribution is -0.126. The molecule has 0 aliphatic carbocycles. The molecule has 1 atom stereocenters. The van der Waals surface area contributed by atoms with Crippen LogP contribution in [0.4, 0.5) is 5.69 Å². The molecular formula is C17H25Cl2N3O2. The smallest absolute Gasteiger partial charge is 0.249 e. The maximum atomic E-state index is 12.4. The molecule has 1 aliphatic heterocycles. The van der Waals surface area contributed by atoms with Crippen LogP contribution in [-0.2, 0) is 9.59 Å². The Hall–Kier alpha value is -1.30. The molecule has 1 fully saturated rings. The van der Waals surface area contributed by atoms with Crippen molar-refractivity contribution in [3.8, 4) is 0 Å². The second-order valence-corrected chi connectivity index (χ2v) is 6.21. The molecule has 2 rings (SSSR count). The fourth-order valence-corrected chi connectivity index (χ4v) is 3.01. The number of hydrogen-bond donors (Lipinski definition) is 2. The second-order valence-electron chi connectivity index (χ2n) is 5.80. The van der Waals surface area contributed by atoms with Crippen LogP contribution in [0.25, 0.3) is 0 Å². The number of unbranched alkanes of at least 4 members (excludes halogenated alkanes) is 3. The van der Waals surface area contributed by atoms with Gasteiger partial charge in [0.05, 0.1) is 10.7 Å². The van der Waals surface area contributed by atoms with E-state index in [1.165, 1.54) is 0 Å². The van der Waals surface area contributed by atoms with Crippen molar-refractivity contribution >= 4 is 41.5 Å². The van der Waals surface area contributed by atoms with Crippen LogP contribution in [-0.4, -0.2) is 30.9 Å². The summed E-state index contributed by atoms with van der Waals surface area (Å²) < 4.78 is 0. The Balaban J connectivity index is 0.00000288. The van der Waals surface area contributed by atoms with Crippen molar-refractivity contribution < 1.29 is 9.59 Å². The van der Waals surface area contributed by atoms with Crippen LogP contribution >= 0.6 is 24.0 Å². The number of amides is 2. The van der Waals surface area contributed by atoms with Crippen LogP contribution in [0.15, 0.2) is 24.3 Å². The number of rotatable bonds is 8. The van der Waals surface area contributed by atoms with E-state index in [4.69, 9.17) is 17.3 Å². The van der Waals surface area contributed by atoms with Gasteiger partial charge in [0.25, 0.3) is 0 Å². The second kappa shape index (κ2) is 10.5. The van der Waals surface area contributed by atoms with E-state index in [2.05, 4.69) is 5.32 Å². The highest BCUT2D eigenvalue weighted by Crippen LogP contribution is 2.29. The lowest BCUT2D eigenvalue weighted by atomic mass is 10.1. The summed E-state index contributed by atoms with van der Waals surface area (Å²) in [6.07, 6.45) is 4.95. The Morgan fingerprint density at radius 2 is 1.96 bits per heavy atom. The first-order valence-corrected chi connectivity index (χ1v) is 8.56. The summed E-state index contributed by atoms with van der Waals surface area (Å²) in [6.45, 7) is 1.27. The molecule has 2 amide bonds. The molecule has 1 aromatic rings. The molecule has 7 heteroatoms. The van der Waals surface area contributed by atoms with Crippen LogP contribution in [0.3, 0.4) is 0 Å². The van der Waals surface area contributed by atoms with Crippen molar-refractivity contribution in [2.75, 3.05) is 18.0 Å². The third-order valence-electron chi connectivity index (χ3n) is 4.04. The van der Waals surface area contributed by atoms with Crippen molar-refractivity contribution in [2.45, 2.75) is 44.6 Å². The minimum atomic E-state index is -0.442. The molecular weight excluding hydrogens is 349 g/mol. The van der Waals surface area contributed by atoms with Crippen molar-refractivity contribution in [1.29, 1.82) is 0 Å². The van der Waals surface area contributed by atoms with Gasteiger partial charge in [-0.1, -0.05) is 36.6 Å². The van der Waals surface area contributed by atoms with Gasteiger partial charge in [0.15, 0.2) is 0 Å². The number of benzene rings is 1. The number of nitrogens with two attached hydrogens (primary N) is 1. The minimum Gasteiger partial charge on any atom is -0.344 e. The van der Waals surface area contributed by atoms with Gasteiger partial charge in [0, 0.05) is 13.0 Å². The highest BCUT2D eigenvalue weighted by Gasteiger charge is 2.34. The van der Waals surface area contributed by atoms with Crippen molar-refractivity contribution in [3.05, 3.63) is 29.3 Å². The summed E-state index contributed by atoms with van der Waals surface area (Å²) in [7, 11) is 0. The number of para-hydroxylation sites is 1. The van der Waals surface area contributed by atoms with E-state index in [0.29, 0.717) is 36.6 Å². The zero-order valence-corrected chi connectivity index (χ0v) is 15.2. The van der Waals surface area contributed by atoms with Crippen LogP contribution in [0, 0.1) is 0 Å². The summed E-state index contributed by atoms with van der Waals surface area (Å²) in [5.74, 6) is -0.147. The monoisotopic (exact) mass is 373 g/mol. The Kier molecular flexibility index (Phi) is 9.11. The van der Waals surface area contributed by atoms with Gasteiger partial charge in [0.1, 0.15) is 6.04 Å². The molecule has 0 radical (unpaired) electrons. The first kappa shape index (κ1) is 20.7. The van der Waals surface area contributed by atoms with E-state index in [-0.39, 0.29) is 24.2 Å². The molecule has 5 nitrogen and oxygen atoms in total. The normalized spacial score (nSPS) is 16.8. The largest absolute Gasteiger partial charge is 0.344 e. The van der Waals surface area contributed by atoms with E-state index in [9.17, 15) is 9.59 Å². The van der Waals surface area contributed by atoms with Gasteiger partial charge in [-0.15, -0.1) is 12.4 Å². The fraction of sp³-hybridized carbons (Fsp3) is 0.529. The number of nitrogens with zero attached hydrogens (tertiary/aromatic N) is 1. The van der Waals surface area contributed by atoms with E-state index >= 15 is 0 Å². The lowest BCUT2D eigenvalue weighted by Crippen LogP contribution is -2.41. The predicted octanol–water partition coefficient (Wildman–Crippen LogP) is 2.89. The lowest BCUT2D eigenvalue weighted by Gasteiger charge is -2.18. The minimum absolute atomic E-state index is 0. The number of halogens is 2. The molecule has 1 aromatic carbocycles. The molecule has 0 spiro atoms. The summed E-state index contributed by atoms with van der Waals surface area (Å²) in [4.78, 5) is 26.0. The number of nitrogens with one attached hydrogen (secondary N) is 1. The third kappa shape index (κ3) is 5.65. The molecule has 0 saturated carbocycles. The Labute approximate surface area is 154 Å². The number of hydrogen-bond acceptors (Lipinski definition) is 3. The van der Waals surface area contributed by atoms with Gasteiger partial charge in [0.2, 0.25) is 11.8 Å². The van der Waals surface area contributed by atoms with Gasteiger partial charge in [-0.2, -0.15) is 0 Å². The molecule has 24 heavy (non-hydrogen) atoms. The van der Waals surface area contributed by atoms with Gasteiger partial charge >= 0.3 is 0 Å². The Morgan fingerprint density at radius 3 is 2.67 bits per heavy atom. The highest BCUT2D eigenvalue weighted by atomic mass is 35.5. The summed E-state index contributed by atoms with van der Waals surface area (Å²) >= 11 is 6.14. The average Bonchev–Trinajstić information content (AvgIpc) is 2.89.